The molecule has 0 radical (unpaired) electrons. The smallest absolute Gasteiger partial charge is 0.295 e. The third-order valence-electron chi connectivity index (χ3n) is 4.63. The average Bonchev–Trinajstić information content (AvgIpc) is 3.26. The second-order valence-electron chi connectivity index (χ2n) is 6.79. The van der Waals surface area contributed by atoms with Crippen molar-refractivity contribution in [3.8, 4) is 28.6 Å². The van der Waals surface area contributed by atoms with Crippen molar-refractivity contribution in [2.45, 2.75) is 6.92 Å². The molecule has 1 amide bonds. The molecule has 4 rings (SSSR count). The summed E-state index contributed by atoms with van der Waals surface area (Å²) in [6.07, 6.45) is 0. The summed E-state index contributed by atoms with van der Waals surface area (Å²) < 4.78 is 12.3. The van der Waals surface area contributed by atoms with Gasteiger partial charge in [0, 0.05) is 16.3 Å². The van der Waals surface area contributed by atoms with Crippen LogP contribution < -0.4 is 14.8 Å². The molecule has 0 fully saturated rings. The Morgan fingerprint density at radius 3 is 2.41 bits per heavy atom. The molecule has 1 aromatic heterocycles. The molecule has 1 N–H and O–H groups in total. The van der Waals surface area contributed by atoms with E-state index in [1.165, 1.54) is 0 Å². The molecule has 3 aromatic carbocycles. The number of nitrogens with one attached hydrogen (secondary N) is 1. The van der Waals surface area contributed by atoms with Crippen molar-refractivity contribution in [2.75, 3.05) is 19.0 Å². The highest BCUT2D eigenvalue weighted by Crippen LogP contribution is 2.25. The van der Waals surface area contributed by atoms with Crippen molar-refractivity contribution in [1.29, 1.82) is 0 Å². The van der Waals surface area contributed by atoms with E-state index < -0.39 is 5.91 Å². The van der Waals surface area contributed by atoms with Gasteiger partial charge >= 0.3 is 0 Å². The van der Waals surface area contributed by atoms with Gasteiger partial charge in [-0.05, 0) is 73.7 Å². The second-order valence-corrected chi connectivity index (χ2v) is 7.23. The fourth-order valence-electron chi connectivity index (χ4n) is 3.11. The molecule has 8 heteroatoms. The Morgan fingerprint density at radius 2 is 1.75 bits per heavy atom. The Kier molecular flexibility index (Phi) is 6.37. The van der Waals surface area contributed by atoms with E-state index in [9.17, 15) is 4.79 Å². The minimum Gasteiger partial charge on any atom is -0.497 e. The van der Waals surface area contributed by atoms with Gasteiger partial charge in [0.25, 0.3) is 5.91 Å². The van der Waals surface area contributed by atoms with Crippen LogP contribution >= 0.6 is 11.6 Å². The number of aromatic nitrogens is 3. The first-order valence-corrected chi connectivity index (χ1v) is 10.4. The molecule has 0 bridgehead atoms. The van der Waals surface area contributed by atoms with Crippen molar-refractivity contribution < 1.29 is 14.3 Å². The Hall–Kier alpha value is -3.84. The maximum atomic E-state index is 12.9. The molecule has 1 heterocycles. The van der Waals surface area contributed by atoms with E-state index >= 15 is 0 Å². The van der Waals surface area contributed by atoms with Gasteiger partial charge in [-0.25, -0.2) is 9.67 Å². The molecule has 0 atom stereocenters. The summed E-state index contributed by atoms with van der Waals surface area (Å²) in [6.45, 7) is 2.49. The van der Waals surface area contributed by atoms with Crippen LogP contribution in [-0.2, 0) is 0 Å². The average molecular weight is 449 g/mol. The number of carbonyl (C=O) groups excluding carboxylic acids is 1. The van der Waals surface area contributed by atoms with Crippen LogP contribution in [-0.4, -0.2) is 34.4 Å². The summed E-state index contributed by atoms with van der Waals surface area (Å²) in [5.74, 6) is 1.56. The third kappa shape index (κ3) is 4.73. The van der Waals surface area contributed by atoms with Crippen molar-refractivity contribution in [2.24, 2.45) is 0 Å². The number of hydrogen-bond donors (Lipinski definition) is 1. The lowest BCUT2D eigenvalue weighted by molar-refractivity contribution is 0.101. The number of hydrogen-bond acceptors (Lipinski definition) is 5. The lowest BCUT2D eigenvalue weighted by Gasteiger charge is -2.07. The number of amides is 1. The van der Waals surface area contributed by atoms with Gasteiger partial charge < -0.3 is 14.8 Å². The summed E-state index contributed by atoms with van der Waals surface area (Å²) in [7, 11) is 1.60. The maximum absolute atomic E-state index is 12.9. The highest BCUT2D eigenvalue weighted by Gasteiger charge is 2.19. The zero-order valence-electron chi connectivity index (χ0n) is 17.6. The zero-order chi connectivity index (χ0) is 22.5. The fourth-order valence-corrected chi connectivity index (χ4v) is 3.30. The van der Waals surface area contributed by atoms with Gasteiger partial charge in [0.2, 0.25) is 5.82 Å². The van der Waals surface area contributed by atoms with Crippen LogP contribution in [0.1, 0.15) is 17.5 Å². The second kappa shape index (κ2) is 9.53. The van der Waals surface area contributed by atoms with Gasteiger partial charge in [0.05, 0.1) is 19.4 Å². The van der Waals surface area contributed by atoms with Gasteiger partial charge in [-0.3, -0.25) is 4.79 Å². The molecule has 0 aliphatic rings. The van der Waals surface area contributed by atoms with Gasteiger partial charge in [0.1, 0.15) is 11.5 Å². The molecule has 0 unspecified atom stereocenters. The quantitative estimate of drug-likeness (QED) is 0.418. The highest BCUT2D eigenvalue weighted by atomic mass is 35.5. The first-order valence-electron chi connectivity index (χ1n) is 9.99. The zero-order valence-corrected chi connectivity index (χ0v) is 18.3. The molecule has 0 spiro atoms. The summed E-state index contributed by atoms with van der Waals surface area (Å²) in [4.78, 5) is 17.4. The van der Waals surface area contributed by atoms with Crippen LogP contribution in [0.5, 0.6) is 11.5 Å². The van der Waals surface area contributed by atoms with Gasteiger partial charge in [-0.15, -0.1) is 5.10 Å². The van der Waals surface area contributed by atoms with Crippen molar-refractivity contribution in [1.82, 2.24) is 14.8 Å². The molecular weight excluding hydrogens is 428 g/mol. The van der Waals surface area contributed by atoms with E-state index in [1.807, 2.05) is 43.3 Å². The van der Waals surface area contributed by atoms with Crippen molar-refractivity contribution >= 4 is 23.2 Å². The molecule has 162 valence electrons. The summed E-state index contributed by atoms with van der Waals surface area (Å²) in [5, 5.41) is 7.84. The summed E-state index contributed by atoms with van der Waals surface area (Å²) in [5.41, 5.74) is 2.08. The van der Waals surface area contributed by atoms with Gasteiger partial charge in [-0.1, -0.05) is 17.7 Å². The topological polar surface area (TPSA) is 78.3 Å². The number of anilines is 1. The Labute approximate surface area is 190 Å². The van der Waals surface area contributed by atoms with Crippen LogP contribution in [0.15, 0.2) is 72.8 Å². The maximum Gasteiger partial charge on any atom is 0.295 e. The predicted molar refractivity (Wildman–Crippen MR) is 124 cm³/mol. The number of nitrogens with zero attached hydrogens (tertiary/aromatic N) is 3. The summed E-state index contributed by atoms with van der Waals surface area (Å²) >= 11 is 6.18. The third-order valence-corrected chi connectivity index (χ3v) is 4.87. The minimum atomic E-state index is -0.426. The number of ether oxygens (including phenoxy) is 2. The molecule has 4 aromatic rings. The normalized spacial score (nSPS) is 10.6. The molecular formula is C24H21ClN4O3. The predicted octanol–water partition coefficient (Wildman–Crippen LogP) is 5.25. The molecule has 0 saturated carbocycles. The van der Waals surface area contributed by atoms with E-state index in [1.54, 1.807) is 48.2 Å². The van der Waals surface area contributed by atoms with Crippen LogP contribution in [0, 0.1) is 0 Å². The van der Waals surface area contributed by atoms with Crippen LogP contribution in [0.25, 0.3) is 17.1 Å². The first-order chi connectivity index (χ1) is 15.6. The SMILES string of the molecule is CCOc1ccc(NC(=O)c2nc(-c3ccc(OC)cc3)n(-c3cccc(Cl)c3)n2)cc1. The fraction of sp³-hybridized carbons (Fsp3) is 0.125. The Balaban J connectivity index is 1.68. The molecule has 7 nitrogen and oxygen atoms in total. The van der Waals surface area contributed by atoms with Crippen molar-refractivity contribution in [3.63, 3.8) is 0 Å². The highest BCUT2D eigenvalue weighted by molar-refractivity contribution is 6.30. The van der Waals surface area contributed by atoms with Crippen LogP contribution in [0.4, 0.5) is 5.69 Å². The van der Waals surface area contributed by atoms with E-state index in [0.29, 0.717) is 28.8 Å². The number of halogens is 1. The van der Waals surface area contributed by atoms with Crippen molar-refractivity contribution in [3.05, 3.63) is 83.6 Å². The first kappa shape index (κ1) is 21.4. The monoisotopic (exact) mass is 448 g/mol. The van der Waals surface area contributed by atoms with Crippen LogP contribution in [0.3, 0.4) is 0 Å². The number of benzene rings is 3. The Morgan fingerprint density at radius 1 is 1.03 bits per heavy atom. The van der Waals surface area contributed by atoms with Gasteiger partial charge in [-0.2, -0.15) is 0 Å². The molecule has 0 aliphatic heterocycles. The largest absolute Gasteiger partial charge is 0.497 e. The van der Waals surface area contributed by atoms with Gasteiger partial charge in [0.15, 0.2) is 5.82 Å². The molecule has 32 heavy (non-hydrogen) atoms. The van der Waals surface area contributed by atoms with Crippen LogP contribution in [0.2, 0.25) is 5.02 Å². The van der Waals surface area contributed by atoms with E-state index in [2.05, 4.69) is 15.4 Å². The molecule has 0 aliphatic carbocycles. The minimum absolute atomic E-state index is 0.0321. The summed E-state index contributed by atoms with van der Waals surface area (Å²) in [6, 6.07) is 21.7. The number of rotatable bonds is 7. The van der Waals surface area contributed by atoms with E-state index in [4.69, 9.17) is 21.1 Å². The van der Waals surface area contributed by atoms with E-state index in [0.717, 1.165) is 17.1 Å². The lowest BCUT2D eigenvalue weighted by Crippen LogP contribution is -2.14. The lowest BCUT2D eigenvalue weighted by atomic mass is 10.2. The Bertz CT molecular complexity index is 1220. The molecule has 0 saturated heterocycles. The number of methoxy groups -OCH3 is 1. The number of carbonyl (C=O) groups is 1. The standard InChI is InChI=1S/C24H21ClN4O3/c1-3-32-21-13-9-18(10-14-21)26-24(30)22-27-23(16-7-11-20(31-2)12-8-16)29(28-22)19-6-4-5-17(25)15-19/h4-15H,3H2,1-2H3,(H,26,30). The van der Waals surface area contributed by atoms with E-state index in [-0.39, 0.29) is 5.82 Å².